The summed E-state index contributed by atoms with van der Waals surface area (Å²) in [6.07, 6.45) is 2.39. The van der Waals surface area contributed by atoms with Crippen molar-refractivity contribution in [2.45, 2.75) is 16.7 Å². The second-order valence-electron chi connectivity index (χ2n) is 6.04. The minimum atomic E-state index is -4.91. The first-order chi connectivity index (χ1) is 13.9. The quantitative estimate of drug-likeness (QED) is 0.158. The van der Waals surface area contributed by atoms with Crippen LogP contribution in [0.2, 0.25) is 0 Å². The van der Waals surface area contributed by atoms with Gasteiger partial charge in [-0.1, -0.05) is 24.3 Å². The van der Waals surface area contributed by atoms with E-state index >= 15 is 0 Å². The molecule has 10 nitrogen and oxygen atoms in total. The Balaban J connectivity index is 0.00000480. The van der Waals surface area contributed by atoms with Crippen LogP contribution >= 0.6 is 0 Å². The molecule has 0 aliphatic carbocycles. The minimum Gasteiger partial charge on any atom is -0.744 e. The van der Waals surface area contributed by atoms with Gasteiger partial charge in [0.15, 0.2) is 0 Å². The molecular weight excluding hydrogens is 482 g/mol. The van der Waals surface area contributed by atoms with Crippen LogP contribution in [0.1, 0.15) is 18.1 Å². The van der Waals surface area contributed by atoms with Gasteiger partial charge < -0.3 is 24.5 Å². The van der Waals surface area contributed by atoms with Gasteiger partial charge in [-0.15, -0.1) is 0 Å². The van der Waals surface area contributed by atoms with Gasteiger partial charge in [0.05, 0.1) is 9.79 Å². The molecule has 0 aliphatic heterocycles. The molecule has 0 atom stereocenters. The van der Waals surface area contributed by atoms with Crippen LogP contribution in [0.25, 0.3) is 12.2 Å². The van der Waals surface area contributed by atoms with E-state index in [0.717, 1.165) is 12.1 Å². The third-order valence-electron chi connectivity index (χ3n) is 3.75. The predicted molar refractivity (Wildman–Crippen MR) is 108 cm³/mol. The van der Waals surface area contributed by atoms with Crippen LogP contribution in [0.4, 0.5) is 11.4 Å². The summed E-state index contributed by atoms with van der Waals surface area (Å²) in [5.41, 5.74) is 0.375. The summed E-state index contributed by atoms with van der Waals surface area (Å²) >= 11 is 0. The SMILES string of the molecule is COCNc1ccc(C=Cc2ccc(NC(C)=O)cc2S(=O)(=O)[O-])c(S(=O)(=O)[O-])c1.[Na+].[Na+]. The van der Waals surface area contributed by atoms with E-state index in [1.165, 1.54) is 50.5 Å². The van der Waals surface area contributed by atoms with E-state index in [9.17, 15) is 30.7 Å². The summed E-state index contributed by atoms with van der Waals surface area (Å²) in [5.74, 6) is -0.458. The van der Waals surface area contributed by atoms with Crippen LogP contribution in [0.3, 0.4) is 0 Å². The molecule has 0 spiro atoms. The monoisotopic (exact) mass is 500 g/mol. The maximum Gasteiger partial charge on any atom is 1.00 e. The number of hydrogen-bond acceptors (Lipinski definition) is 9. The number of methoxy groups -OCH3 is 1. The largest absolute Gasteiger partial charge is 1.00 e. The Labute approximate surface area is 230 Å². The average molecular weight is 500 g/mol. The zero-order chi connectivity index (χ0) is 22.5. The van der Waals surface area contributed by atoms with Crippen LogP contribution in [-0.2, 0) is 29.8 Å². The van der Waals surface area contributed by atoms with Crippen molar-refractivity contribution in [1.82, 2.24) is 0 Å². The molecule has 0 aromatic heterocycles. The molecule has 1 amide bonds. The first kappa shape index (κ1) is 31.2. The number of ether oxygens (including phenoxy) is 1. The molecule has 2 aromatic rings. The van der Waals surface area contributed by atoms with Crippen LogP contribution < -0.4 is 69.7 Å². The van der Waals surface area contributed by atoms with Crippen molar-refractivity contribution in [1.29, 1.82) is 0 Å². The Morgan fingerprint density at radius 2 is 1.34 bits per heavy atom. The van der Waals surface area contributed by atoms with E-state index < -0.39 is 35.9 Å². The molecule has 162 valence electrons. The summed E-state index contributed by atoms with van der Waals surface area (Å²) < 4.78 is 74.5. The molecule has 0 fully saturated rings. The molecular formula is C18H18N2Na2O8S2. The van der Waals surface area contributed by atoms with Gasteiger partial charge in [-0.25, -0.2) is 16.8 Å². The van der Waals surface area contributed by atoms with Crippen molar-refractivity contribution in [2.24, 2.45) is 0 Å². The van der Waals surface area contributed by atoms with Crippen molar-refractivity contribution in [3.63, 3.8) is 0 Å². The summed E-state index contributed by atoms with van der Waals surface area (Å²) in [4.78, 5) is 9.99. The molecule has 14 heteroatoms. The molecule has 0 radical (unpaired) electrons. The third kappa shape index (κ3) is 9.23. The number of nitrogens with one attached hydrogen (secondary N) is 2. The Hall–Kier alpha value is -0.770. The molecule has 32 heavy (non-hydrogen) atoms. The fourth-order valence-electron chi connectivity index (χ4n) is 2.50. The summed E-state index contributed by atoms with van der Waals surface area (Å²) in [6.45, 7) is 1.30. The maximum atomic E-state index is 11.6. The number of carbonyl (C=O) groups is 1. The minimum absolute atomic E-state index is 0. The van der Waals surface area contributed by atoms with E-state index in [0.29, 0.717) is 5.69 Å². The van der Waals surface area contributed by atoms with E-state index in [4.69, 9.17) is 4.74 Å². The Morgan fingerprint density at radius 1 is 0.906 bits per heavy atom. The predicted octanol–water partition coefficient (Wildman–Crippen LogP) is -4.35. The van der Waals surface area contributed by atoms with Crippen LogP contribution in [0.15, 0.2) is 46.2 Å². The number of hydrogen-bond donors (Lipinski definition) is 2. The summed E-state index contributed by atoms with van der Waals surface area (Å²) in [7, 11) is -8.34. The molecule has 0 saturated carbocycles. The summed E-state index contributed by atoms with van der Waals surface area (Å²) in [5, 5.41) is 5.12. The molecule has 0 saturated heterocycles. The molecule has 0 unspecified atom stereocenters. The Kier molecular flexibility index (Phi) is 12.9. The van der Waals surface area contributed by atoms with Crippen LogP contribution in [-0.4, -0.2) is 45.7 Å². The zero-order valence-electron chi connectivity index (χ0n) is 17.9. The standard InChI is InChI=1S/C18H20N2O8S2.2Na/c1-12(21)20-16-8-6-14(18(10-16)30(25,26)27)4-3-13-5-7-15(19-11-28-2)9-17(13)29(22,23)24;;/h3-10,19H,11H2,1-2H3,(H,20,21)(H,22,23,24)(H,25,26,27);;/q;2*+1/p-2. The van der Waals surface area contributed by atoms with Gasteiger partial charge in [-0.3, -0.25) is 4.79 Å². The van der Waals surface area contributed by atoms with Gasteiger partial charge in [0.1, 0.15) is 27.0 Å². The number of benzene rings is 2. The van der Waals surface area contributed by atoms with Gasteiger partial charge in [0.2, 0.25) is 5.91 Å². The van der Waals surface area contributed by atoms with Crippen molar-refractivity contribution in [3.05, 3.63) is 47.5 Å². The first-order valence-corrected chi connectivity index (χ1v) is 11.1. The van der Waals surface area contributed by atoms with E-state index in [-0.39, 0.29) is 82.7 Å². The second-order valence-corrected chi connectivity index (χ2v) is 8.73. The average Bonchev–Trinajstić information content (AvgIpc) is 2.63. The molecule has 0 bridgehead atoms. The Morgan fingerprint density at radius 3 is 1.75 bits per heavy atom. The van der Waals surface area contributed by atoms with Crippen LogP contribution in [0, 0.1) is 0 Å². The number of carbonyl (C=O) groups excluding carboxylic acids is 1. The smallest absolute Gasteiger partial charge is 0.744 e. The molecule has 2 N–H and O–H groups in total. The molecule has 0 heterocycles. The zero-order valence-corrected chi connectivity index (χ0v) is 23.5. The van der Waals surface area contributed by atoms with E-state index in [2.05, 4.69) is 10.6 Å². The number of amides is 1. The third-order valence-corrected chi connectivity index (χ3v) is 5.53. The van der Waals surface area contributed by atoms with Crippen molar-refractivity contribution < 1.29 is 94.6 Å². The van der Waals surface area contributed by atoms with Crippen molar-refractivity contribution in [2.75, 3.05) is 24.5 Å². The fourth-order valence-corrected chi connectivity index (χ4v) is 3.90. The van der Waals surface area contributed by atoms with Gasteiger partial charge >= 0.3 is 59.1 Å². The Bertz CT molecular complexity index is 1200. The van der Waals surface area contributed by atoms with Crippen molar-refractivity contribution in [3.8, 4) is 0 Å². The molecule has 2 rings (SSSR count). The van der Waals surface area contributed by atoms with E-state index in [1.807, 2.05) is 0 Å². The van der Waals surface area contributed by atoms with Gasteiger partial charge in [-0.2, -0.15) is 0 Å². The summed E-state index contributed by atoms with van der Waals surface area (Å²) in [6, 6.07) is 7.60. The molecule has 0 aliphatic rings. The molecule has 2 aromatic carbocycles. The van der Waals surface area contributed by atoms with Gasteiger partial charge in [0.25, 0.3) is 0 Å². The van der Waals surface area contributed by atoms with Gasteiger partial charge in [-0.05, 0) is 35.4 Å². The number of anilines is 2. The second kappa shape index (κ2) is 13.2. The maximum absolute atomic E-state index is 11.6. The number of rotatable bonds is 8. The van der Waals surface area contributed by atoms with Crippen LogP contribution in [0.5, 0.6) is 0 Å². The van der Waals surface area contributed by atoms with Gasteiger partial charge in [0, 0.05) is 25.4 Å². The van der Waals surface area contributed by atoms with E-state index in [1.54, 1.807) is 0 Å². The topological polar surface area (TPSA) is 165 Å². The normalized spacial score (nSPS) is 11.4. The first-order valence-electron chi connectivity index (χ1n) is 8.30. The fraction of sp³-hybridized carbons (Fsp3) is 0.167. The van der Waals surface area contributed by atoms with Crippen molar-refractivity contribution >= 4 is 49.7 Å².